The van der Waals surface area contributed by atoms with Gasteiger partial charge in [-0.2, -0.15) is 0 Å². The molecular formula is C20H20N2OS2. The minimum atomic E-state index is 0.0122. The largest absolute Gasteiger partial charge is 0.345 e. The van der Waals surface area contributed by atoms with Crippen LogP contribution in [0.2, 0.25) is 0 Å². The number of aromatic nitrogens is 1. The minimum Gasteiger partial charge on any atom is -0.345 e. The van der Waals surface area contributed by atoms with Crippen LogP contribution in [0.1, 0.15) is 22.3 Å². The Morgan fingerprint density at radius 3 is 2.52 bits per heavy atom. The van der Waals surface area contributed by atoms with Crippen molar-refractivity contribution in [1.82, 2.24) is 9.88 Å². The lowest BCUT2D eigenvalue weighted by Crippen LogP contribution is -2.21. The Kier molecular flexibility index (Phi) is 5.56. The molecule has 0 unspecified atom stereocenters. The highest BCUT2D eigenvalue weighted by molar-refractivity contribution is 8.01. The predicted molar refractivity (Wildman–Crippen MR) is 106 cm³/mol. The Hall–Kier alpha value is -2.11. The molecule has 5 heteroatoms. The first kappa shape index (κ1) is 17.7. The van der Waals surface area contributed by atoms with Crippen molar-refractivity contribution < 1.29 is 4.79 Å². The summed E-state index contributed by atoms with van der Waals surface area (Å²) in [5, 5.41) is 1.13. The summed E-state index contributed by atoms with van der Waals surface area (Å²) in [4.78, 5) is 19.6. The van der Waals surface area contributed by atoms with Gasteiger partial charge >= 0.3 is 0 Å². The molecule has 1 amide bonds. The zero-order valence-corrected chi connectivity index (χ0v) is 16.2. The molecule has 3 aromatic rings. The van der Waals surface area contributed by atoms with E-state index < -0.39 is 0 Å². The summed E-state index contributed by atoms with van der Waals surface area (Å²) < 4.78 is 1.14. The highest BCUT2D eigenvalue weighted by atomic mass is 32.2. The van der Waals surface area contributed by atoms with E-state index in [1.165, 1.54) is 0 Å². The van der Waals surface area contributed by atoms with Crippen LogP contribution in [0.3, 0.4) is 0 Å². The summed E-state index contributed by atoms with van der Waals surface area (Å²) in [7, 11) is 3.56. The number of hydrogen-bond donors (Lipinski definition) is 0. The monoisotopic (exact) mass is 368 g/mol. The molecule has 1 heterocycles. The van der Waals surface area contributed by atoms with Gasteiger partial charge in [-0.1, -0.05) is 49.0 Å². The molecule has 0 saturated carbocycles. The van der Waals surface area contributed by atoms with Gasteiger partial charge in [-0.3, -0.25) is 4.79 Å². The molecule has 0 bridgehead atoms. The van der Waals surface area contributed by atoms with Gasteiger partial charge in [0.05, 0.1) is 15.4 Å². The van der Waals surface area contributed by atoms with Gasteiger partial charge in [-0.25, -0.2) is 4.98 Å². The van der Waals surface area contributed by atoms with Gasteiger partial charge in [0.1, 0.15) is 0 Å². The Labute approximate surface area is 156 Å². The van der Waals surface area contributed by atoms with Gasteiger partial charge in [-0.05, 0) is 35.7 Å². The van der Waals surface area contributed by atoms with Crippen molar-refractivity contribution in [2.24, 2.45) is 0 Å². The lowest BCUT2D eigenvalue weighted by atomic mass is 10.0. The van der Waals surface area contributed by atoms with E-state index in [0.29, 0.717) is 5.56 Å². The fourth-order valence-corrected chi connectivity index (χ4v) is 4.50. The van der Waals surface area contributed by atoms with E-state index in [0.717, 1.165) is 31.7 Å². The number of benzene rings is 2. The second-order valence-corrected chi connectivity index (χ2v) is 8.33. The normalized spacial score (nSPS) is 10.7. The third-order valence-corrected chi connectivity index (χ3v) is 5.93. The maximum absolute atomic E-state index is 12.5. The van der Waals surface area contributed by atoms with Gasteiger partial charge in [0.2, 0.25) is 0 Å². The first-order valence-electron chi connectivity index (χ1n) is 8.11. The second kappa shape index (κ2) is 7.85. The Morgan fingerprint density at radius 2 is 1.88 bits per heavy atom. The van der Waals surface area contributed by atoms with Crippen LogP contribution >= 0.6 is 23.1 Å². The molecule has 0 atom stereocenters. The predicted octanol–water partition coefficient (Wildman–Crippen LogP) is 5.23. The molecule has 3 nitrogen and oxygen atoms in total. The first-order valence-corrected chi connectivity index (χ1v) is 9.75. The van der Waals surface area contributed by atoms with Crippen molar-refractivity contribution in [2.45, 2.75) is 22.4 Å². The number of carbonyl (C=O) groups is 1. The van der Waals surface area contributed by atoms with Gasteiger partial charge < -0.3 is 4.90 Å². The summed E-state index contributed by atoms with van der Waals surface area (Å²) in [5.41, 5.74) is 2.86. The van der Waals surface area contributed by atoms with Crippen LogP contribution in [0.5, 0.6) is 0 Å². The lowest BCUT2D eigenvalue weighted by molar-refractivity contribution is 0.0827. The molecule has 25 heavy (non-hydrogen) atoms. The molecule has 0 aliphatic carbocycles. The van der Waals surface area contributed by atoms with Gasteiger partial charge in [-0.15, -0.1) is 11.3 Å². The molecule has 0 aliphatic heterocycles. The van der Waals surface area contributed by atoms with Crippen LogP contribution in [0, 0.1) is 0 Å². The van der Waals surface area contributed by atoms with E-state index >= 15 is 0 Å². The van der Waals surface area contributed by atoms with Gasteiger partial charge in [0, 0.05) is 24.6 Å². The van der Waals surface area contributed by atoms with Crippen molar-refractivity contribution in [2.75, 3.05) is 14.1 Å². The molecule has 0 saturated heterocycles. The zero-order chi connectivity index (χ0) is 17.8. The van der Waals surface area contributed by atoms with Gasteiger partial charge in [0.25, 0.3) is 5.91 Å². The number of rotatable bonds is 5. The standard InChI is InChI=1S/C20H20N2OS2/c1-4-18-21-13-19(25-18)24-17-11-15(14-8-6-5-7-9-14)10-16(12-17)20(23)22(2)3/h5-13H,4H2,1-3H3. The quantitative estimate of drug-likeness (QED) is 0.618. The number of nitrogens with zero attached hydrogens (tertiary/aromatic N) is 2. The van der Waals surface area contributed by atoms with Crippen molar-refractivity contribution in [3.05, 3.63) is 65.3 Å². The van der Waals surface area contributed by atoms with Crippen molar-refractivity contribution in [3.63, 3.8) is 0 Å². The number of thiazole rings is 1. The SMILES string of the molecule is CCc1ncc(Sc2cc(C(=O)N(C)C)cc(-c3ccccc3)c2)s1. The smallest absolute Gasteiger partial charge is 0.253 e. The third-order valence-electron chi connectivity index (χ3n) is 3.72. The van der Waals surface area contributed by atoms with Crippen molar-refractivity contribution >= 4 is 29.0 Å². The molecule has 0 spiro atoms. The number of aryl methyl sites for hydroxylation is 1. The Morgan fingerprint density at radius 1 is 1.12 bits per heavy atom. The number of hydrogen-bond acceptors (Lipinski definition) is 4. The van der Waals surface area contributed by atoms with E-state index in [1.54, 1.807) is 42.1 Å². The maximum atomic E-state index is 12.5. The molecule has 2 aromatic carbocycles. The van der Waals surface area contributed by atoms with Gasteiger partial charge in [0.15, 0.2) is 0 Å². The molecule has 0 N–H and O–H groups in total. The van der Waals surface area contributed by atoms with Crippen molar-refractivity contribution in [3.8, 4) is 11.1 Å². The molecule has 1 aromatic heterocycles. The van der Waals surface area contributed by atoms with Crippen LogP contribution in [0.4, 0.5) is 0 Å². The fourth-order valence-electron chi connectivity index (χ4n) is 2.46. The lowest BCUT2D eigenvalue weighted by Gasteiger charge is -2.13. The summed E-state index contributed by atoms with van der Waals surface area (Å²) in [6, 6.07) is 16.2. The van der Waals surface area contributed by atoms with E-state index in [2.05, 4.69) is 30.1 Å². The Balaban J connectivity index is 2.01. The van der Waals surface area contributed by atoms with Crippen LogP contribution in [0.25, 0.3) is 11.1 Å². The van der Waals surface area contributed by atoms with E-state index in [9.17, 15) is 4.79 Å². The summed E-state index contributed by atoms with van der Waals surface area (Å²) >= 11 is 3.37. The Bertz CT molecular complexity index is 872. The number of amides is 1. The van der Waals surface area contributed by atoms with Crippen molar-refractivity contribution in [1.29, 1.82) is 0 Å². The maximum Gasteiger partial charge on any atom is 0.253 e. The van der Waals surface area contributed by atoms with Crippen LogP contribution < -0.4 is 0 Å². The summed E-state index contributed by atoms with van der Waals surface area (Å²) in [6.45, 7) is 2.11. The first-order chi connectivity index (χ1) is 12.1. The van der Waals surface area contributed by atoms with E-state index in [4.69, 9.17) is 0 Å². The molecule has 0 aliphatic rings. The minimum absolute atomic E-state index is 0.0122. The third kappa shape index (κ3) is 4.30. The summed E-state index contributed by atoms with van der Waals surface area (Å²) in [5.74, 6) is 0.0122. The topological polar surface area (TPSA) is 33.2 Å². The molecule has 0 fully saturated rings. The average molecular weight is 369 g/mol. The molecule has 0 radical (unpaired) electrons. The fraction of sp³-hybridized carbons (Fsp3) is 0.200. The average Bonchev–Trinajstić information content (AvgIpc) is 3.09. The number of carbonyl (C=O) groups excluding carboxylic acids is 1. The van der Waals surface area contributed by atoms with Crippen LogP contribution in [0.15, 0.2) is 63.8 Å². The molecular weight excluding hydrogens is 348 g/mol. The molecule has 3 rings (SSSR count). The van der Waals surface area contributed by atoms with E-state index in [-0.39, 0.29) is 5.91 Å². The van der Waals surface area contributed by atoms with E-state index in [1.807, 2.05) is 36.5 Å². The second-order valence-electron chi connectivity index (χ2n) is 5.84. The zero-order valence-electron chi connectivity index (χ0n) is 14.5. The highest BCUT2D eigenvalue weighted by Gasteiger charge is 2.13. The highest BCUT2D eigenvalue weighted by Crippen LogP contribution is 2.35. The summed E-state index contributed by atoms with van der Waals surface area (Å²) in [6.07, 6.45) is 2.86. The molecule has 128 valence electrons. The van der Waals surface area contributed by atoms with Crippen LogP contribution in [-0.4, -0.2) is 29.9 Å². The van der Waals surface area contributed by atoms with Crippen LogP contribution in [-0.2, 0) is 6.42 Å².